The van der Waals surface area contributed by atoms with Crippen LogP contribution in [0.5, 0.6) is 0 Å². The van der Waals surface area contributed by atoms with Gasteiger partial charge in [-0.05, 0) is 33.2 Å². The monoisotopic (exact) mass is 264 g/mol. The van der Waals surface area contributed by atoms with Crippen LogP contribution >= 0.6 is 0 Å². The van der Waals surface area contributed by atoms with Crippen LogP contribution in [0.3, 0.4) is 0 Å². The van der Waals surface area contributed by atoms with Crippen molar-refractivity contribution in [2.24, 2.45) is 7.05 Å². The quantitative estimate of drug-likeness (QED) is 0.892. The lowest BCUT2D eigenvalue weighted by atomic mass is 10.0. The second-order valence-corrected chi connectivity index (χ2v) is 5.29. The van der Waals surface area contributed by atoms with Crippen LogP contribution < -0.4 is 5.32 Å². The van der Waals surface area contributed by atoms with Gasteiger partial charge in [-0.1, -0.05) is 6.42 Å². The number of carbonyl (C=O) groups excluding carboxylic acids is 1. The molecule has 0 saturated carbocycles. The summed E-state index contributed by atoms with van der Waals surface area (Å²) in [4.78, 5) is 14.5. The third kappa shape index (κ3) is 3.35. The Hall–Kier alpha value is -1.36. The van der Waals surface area contributed by atoms with E-state index < -0.39 is 0 Å². The summed E-state index contributed by atoms with van der Waals surface area (Å²) in [6.07, 6.45) is 5.48. The number of piperidine rings is 1. The first-order valence-corrected chi connectivity index (χ1v) is 7.14. The number of amides is 1. The Kier molecular flexibility index (Phi) is 4.58. The smallest absolute Gasteiger partial charge is 0.257 e. The van der Waals surface area contributed by atoms with Crippen molar-refractivity contribution in [1.82, 2.24) is 20.0 Å². The SMILES string of the molecule is CCN(CC1CCCCN1)C(=O)c1cn(C)nc1C. The molecule has 19 heavy (non-hydrogen) atoms. The average molecular weight is 264 g/mol. The summed E-state index contributed by atoms with van der Waals surface area (Å²) in [5.41, 5.74) is 1.53. The molecule has 2 heterocycles. The second-order valence-electron chi connectivity index (χ2n) is 5.29. The van der Waals surface area contributed by atoms with Gasteiger partial charge < -0.3 is 10.2 Å². The lowest BCUT2D eigenvalue weighted by Gasteiger charge is -2.29. The van der Waals surface area contributed by atoms with Gasteiger partial charge in [0.25, 0.3) is 5.91 Å². The van der Waals surface area contributed by atoms with Crippen molar-refractivity contribution >= 4 is 5.91 Å². The minimum Gasteiger partial charge on any atom is -0.337 e. The highest BCUT2D eigenvalue weighted by atomic mass is 16.2. The molecule has 2 rings (SSSR count). The number of nitrogens with one attached hydrogen (secondary N) is 1. The third-order valence-electron chi connectivity index (χ3n) is 3.77. The number of likely N-dealkylation sites (N-methyl/N-ethyl adjacent to an activating group) is 1. The average Bonchev–Trinajstić information content (AvgIpc) is 2.75. The highest BCUT2D eigenvalue weighted by Crippen LogP contribution is 2.13. The van der Waals surface area contributed by atoms with Crippen LogP contribution in [0.25, 0.3) is 0 Å². The summed E-state index contributed by atoms with van der Waals surface area (Å²) in [5, 5.41) is 7.74. The van der Waals surface area contributed by atoms with Gasteiger partial charge in [-0.25, -0.2) is 0 Å². The molecule has 0 bridgehead atoms. The van der Waals surface area contributed by atoms with Crippen LogP contribution in [0.1, 0.15) is 42.2 Å². The summed E-state index contributed by atoms with van der Waals surface area (Å²) in [7, 11) is 1.85. The maximum atomic E-state index is 12.5. The molecule has 0 aromatic carbocycles. The zero-order chi connectivity index (χ0) is 13.8. The number of hydrogen-bond donors (Lipinski definition) is 1. The van der Waals surface area contributed by atoms with Crippen LogP contribution in [0.4, 0.5) is 0 Å². The number of rotatable bonds is 4. The Morgan fingerprint density at radius 1 is 1.58 bits per heavy atom. The zero-order valence-electron chi connectivity index (χ0n) is 12.1. The summed E-state index contributed by atoms with van der Waals surface area (Å²) in [6.45, 7) is 6.53. The molecule has 1 unspecified atom stereocenters. The van der Waals surface area contributed by atoms with Crippen LogP contribution in [-0.2, 0) is 7.05 Å². The fraction of sp³-hybridized carbons (Fsp3) is 0.714. The molecule has 1 atom stereocenters. The Morgan fingerprint density at radius 3 is 2.89 bits per heavy atom. The summed E-state index contributed by atoms with van der Waals surface area (Å²) in [5.74, 6) is 0.0977. The molecule has 1 aliphatic rings. The van der Waals surface area contributed by atoms with Crippen molar-refractivity contribution in [2.45, 2.75) is 39.2 Å². The van der Waals surface area contributed by atoms with Crippen molar-refractivity contribution in [3.05, 3.63) is 17.5 Å². The summed E-state index contributed by atoms with van der Waals surface area (Å²) < 4.78 is 1.70. The van der Waals surface area contributed by atoms with Gasteiger partial charge in [0, 0.05) is 32.4 Å². The van der Waals surface area contributed by atoms with Crippen molar-refractivity contribution < 1.29 is 4.79 Å². The molecule has 1 N–H and O–H groups in total. The molecule has 1 saturated heterocycles. The molecule has 5 nitrogen and oxygen atoms in total. The van der Waals surface area contributed by atoms with Crippen LogP contribution in [0, 0.1) is 6.92 Å². The molecule has 1 aliphatic heterocycles. The summed E-state index contributed by atoms with van der Waals surface area (Å²) >= 11 is 0. The van der Waals surface area contributed by atoms with Gasteiger partial charge >= 0.3 is 0 Å². The number of aryl methyl sites for hydroxylation is 2. The lowest BCUT2D eigenvalue weighted by molar-refractivity contribution is 0.0740. The fourth-order valence-electron chi connectivity index (χ4n) is 2.68. The number of aromatic nitrogens is 2. The van der Waals surface area contributed by atoms with Gasteiger partial charge in [-0.3, -0.25) is 9.48 Å². The van der Waals surface area contributed by atoms with Crippen LogP contribution in [-0.4, -0.2) is 46.3 Å². The van der Waals surface area contributed by atoms with E-state index in [4.69, 9.17) is 0 Å². The highest BCUT2D eigenvalue weighted by Gasteiger charge is 2.22. The summed E-state index contributed by atoms with van der Waals surface area (Å²) in [6, 6.07) is 0.439. The Labute approximate surface area is 115 Å². The van der Waals surface area contributed by atoms with Crippen LogP contribution in [0.15, 0.2) is 6.20 Å². The molecule has 0 aliphatic carbocycles. The van der Waals surface area contributed by atoms with Gasteiger partial charge in [0.05, 0.1) is 11.3 Å². The second kappa shape index (κ2) is 6.19. The number of carbonyl (C=O) groups is 1. The predicted octanol–water partition coefficient (Wildman–Crippen LogP) is 1.33. The molecule has 5 heteroatoms. The van der Waals surface area contributed by atoms with Crippen molar-refractivity contribution in [3.63, 3.8) is 0 Å². The number of nitrogens with zero attached hydrogens (tertiary/aromatic N) is 3. The first-order chi connectivity index (χ1) is 9.11. The van der Waals surface area contributed by atoms with Gasteiger partial charge in [0.1, 0.15) is 0 Å². The van der Waals surface area contributed by atoms with Gasteiger partial charge in [0.15, 0.2) is 0 Å². The molecule has 1 aromatic heterocycles. The molecule has 1 fully saturated rings. The van der Waals surface area contributed by atoms with E-state index >= 15 is 0 Å². The Balaban J connectivity index is 2.04. The van der Waals surface area contributed by atoms with Gasteiger partial charge in [-0.15, -0.1) is 0 Å². The van der Waals surface area contributed by atoms with Crippen molar-refractivity contribution in [2.75, 3.05) is 19.6 Å². The molecule has 0 spiro atoms. The first kappa shape index (κ1) is 14.1. The van der Waals surface area contributed by atoms with Gasteiger partial charge in [-0.2, -0.15) is 5.10 Å². The van der Waals surface area contributed by atoms with Crippen molar-refractivity contribution in [3.8, 4) is 0 Å². The maximum Gasteiger partial charge on any atom is 0.257 e. The topological polar surface area (TPSA) is 50.2 Å². The molecule has 1 amide bonds. The Bertz CT molecular complexity index is 435. The minimum absolute atomic E-state index is 0.0977. The van der Waals surface area contributed by atoms with E-state index in [1.807, 2.05) is 32.0 Å². The Morgan fingerprint density at radius 2 is 2.37 bits per heavy atom. The van der Waals surface area contributed by atoms with Crippen molar-refractivity contribution in [1.29, 1.82) is 0 Å². The van der Waals surface area contributed by atoms with E-state index in [-0.39, 0.29) is 5.91 Å². The minimum atomic E-state index is 0.0977. The standard InChI is InChI=1S/C14H24N4O/c1-4-18(9-12-7-5-6-8-15-12)14(19)13-10-17(3)16-11(13)2/h10,12,15H,4-9H2,1-3H3. The first-order valence-electron chi connectivity index (χ1n) is 7.14. The molecular formula is C14H24N4O. The lowest BCUT2D eigenvalue weighted by Crippen LogP contribution is -2.45. The molecule has 106 valence electrons. The van der Waals surface area contributed by atoms with Crippen LogP contribution in [0.2, 0.25) is 0 Å². The van der Waals surface area contributed by atoms with E-state index in [1.54, 1.807) is 4.68 Å². The van der Waals surface area contributed by atoms with E-state index in [2.05, 4.69) is 10.4 Å². The highest BCUT2D eigenvalue weighted by molar-refractivity contribution is 5.95. The zero-order valence-corrected chi connectivity index (χ0v) is 12.1. The molecule has 1 aromatic rings. The molecule has 0 radical (unpaired) electrons. The maximum absolute atomic E-state index is 12.5. The largest absolute Gasteiger partial charge is 0.337 e. The van der Waals surface area contributed by atoms with E-state index in [0.717, 1.165) is 37.3 Å². The molecular weight excluding hydrogens is 240 g/mol. The van der Waals surface area contributed by atoms with Gasteiger partial charge in [0.2, 0.25) is 0 Å². The van der Waals surface area contributed by atoms with E-state index in [1.165, 1.54) is 12.8 Å². The third-order valence-corrected chi connectivity index (χ3v) is 3.77. The fourth-order valence-corrected chi connectivity index (χ4v) is 2.68. The van der Waals surface area contributed by atoms with E-state index in [0.29, 0.717) is 6.04 Å². The normalized spacial score (nSPS) is 19.4. The predicted molar refractivity (Wildman–Crippen MR) is 75.2 cm³/mol. The number of hydrogen-bond acceptors (Lipinski definition) is 3. The van der Waals surface area contributed by atoms with E-state index in [9.17, 15) is 4.79 Å².